The third-order valence-electron chi connectivity index (χ3n) is 2.33. The molecule has 0 aromatic carbocycles. The van der Waals surface area contributed by atoms with E-state index in [1.54, 1.807) is 10.9 Å². The molecule has 1 aromatic rings. The van der Waals surface area contributed by atoms with E-state index in [4.69, 9.17) is 14.6 Å². The standard InChI is InChI=1S/C10H16N2O3/c1-10(2)14-7-9(15-10)5-12-4-8(6-13)3-11-12/h3-4,9,13H,5-7H2,1-2H3. The van der Waals surface area contributed by atoms with Gasteiger partial charge in [0.05, 0.1) is 26.0 Å². The Balaban J connectivity index is 1.92. The molecule has 1 aromatic heterocycles. The van der Waals surface area contributed by atoms with Gasteiger partial charge in [0, 0.05) is 11.8 Å². The number of rotatable bonds is 3. The van der Waals surface area contributed by atoms with Crippen LogP contribution in [0.3, 0.4) is 0 Å². The van der Waals surface area contributed by atoms with Gasteiger partial charge in [0.1, 0.15) is 6.10 Å². The third-order valence-corrected chi connectivity index (χ3v) is 2.33. The van der Waals surface area contributed by atoms with E-state index < -0.39 is 5.79 Å². The van der Waals surface area contributed by atoms with Crippen LogP contribution < -0.4 is 0 Å². The van der Waals surface area contributed by atoms with E-state index in [1.807, 2.05) is 20.0 Å². The summed E-state index contributed by atoms with van der Waals surface area (Å²) in [7, 11) is 0. The Hall–Kier alpha value is -0.910. The molecule has 5 nitrogen and oxygen atoms in total. The molecule has 0 saturated carbocycles. The number of aliphatic hydroxyl groups is 1. The molecule has 1 fully saturated rings. The molecule has 15 heavy (non-hydrogen) atoms. The molecule has 5 heteroatoms. The summed E-state index contributed by atoms with van der Waals surface area (Å²) < 4.78 is 12.9. The Labute approximate surface area is 88.6 Å². The Kier molecular flexibility index (Phi) is 2.77. The Morgan fingerprint density at radius 2 is 2.47 bits per heavy atom. The van der Waals surface area contributed by atoms with Crippen LogP contribution in [0, 0.1) is 0 Å². The maximum absolute atomic E-state index is 8.89. The monoisotopic (exact) mass is 212 g/mol. The smallest absolute Gasteiger partial charge is 0.163 e. The molecule has 1 aliphatic heterocycles. The van der Waals surface area contributed by atoms with Crippen LogP contribution in [0.2, 0.25) is 0 Å². The summed E-state index contributed by atoms with van der Waals surface area (Å²) in [6.45, 7) is 5.06. The molecule has 1 saturated heterocycles. The second-order valence-electron chi connectivity index (χ2n) is 4.18. The summed E-state index contributed by atoms with van der Waals surface area (Å²) in [4.78, 5) is 0. The highest BCUT2D eigenvalue weighted by molar-refractivity contribution is 5.01. The van der Waals surface area contributed by atoms with Gasteiger partial charge in [0.2, 0.25) is 0 Å². The summed E-state index contributed by atoms with van der Waals surface area (Å²) in [5.74, 6) is -0.488. The fraction of sp³-hybridized carbons (Fsp3) is 0.700. The molecular formula is C10H16N2O3. The van der Waals surface area contributed by atoms with Crippen LogP contribution in [0.4, 0.5) is 0 Å². The summed E-state index contributed by atoms with van der Waals surface area (Å²) >= 11 is 0. The second-order valence-corrected chi connectivity index (χ2v) is 4.18. The molecule has 0 amide bonds. The quantitative estimate of drug-likeness (QED) is 0.794. The Morgan fingerprint density at radius 1 is 1.67 bits per heavy atom. The second kappa shape index (κ2) is 3.92. The summed E-state index contributed by atoms with van der Waals surface area (Å²) in [6.07, 6.45) is 3.50. The van der Waals surface area contributed by atoms with Crippen molar-refractivity contribution in [3.63, 3.8) is 0 Å². The predicted molar refractivity (Wildman–Crippen MR) is 53.1 cm³/mol. The van der Waals surface area contributed by atoms with Crippen LogP contribution >= 0.6 is 0 Å². The SMILES string of the molecule is CC1(C)OCC(Cn2cc(CO)cn2)O1. The van der Waals surface area contributed by atoms with E-state index >= 15 is 0 Å². The number of hydrogen-bond donors (Lipinski definition) is 1. The summed E-state index contributed by atoms with van der Waals surface area (Å²) in [5.41, 5.74) is 0.813. The van der Waals surface area contributed by atoms with Crippen molar-refractivity contribution in [2.45, 2.75) is 38.9 Å². The fourth-order valence-corrected chi connectivity index (χ4v) is 1.65. The van der Waals surface area contributed by atoms with Crippen molar-refractivity contribution in [2.75, 3.05) is 6.61 Å². The average molecular weight is 212 g/mol. The maximum atomic E-state index is 8.89. The van der Waals surface area contributed by atoms with Crippen LogP contribution in [0.1, 0.15) is 19.4 Å². The molecule has 0 aliphatic carbocycles. The van der Waals surface area contributed by atoms with Crippen molar-refractivity contribution in [3.05, 3.63) is 18.0 Å². The van der Waals surface area contributed by atoms with Crippen LogP contribution in [0.15, 0.2) is 12.4 Å². The molecule has 1 aliphatic rings. The van der Waals surface area contributed by atoms with Crippen molar-refractivity contribution in [2.24, 2.45) is 0 Å². The van der Waals surface area contributed by atoms with E-state index in [-0.39, 0.29) is 12.7 Å². The Morgan fingerprint density at radius 3 is 3.00 bits per heavy atom. The molecule has 1 atom stereocenters. The van der Waals surface area contributed by atoms with Gasteiger partial charge in [-0.3, -0.25) is 4.68 Å². The average Bonchev–Trinajstić information content (AvgIpc) is 2.73. The van der Waals surface area contributed by atoms with E-state index in [0.29, 0.717) is 13.2 Å². The van der Waals surface area contributed by atoms with Crippen LogP contribution in [0.25, 0.3) is 0 Å². The van der Waals surface area contributed by atoms with Crippen molar-refractivity contribution in [1.29, 1.82) is 0 Å². The zero-order chi connectivity index (χ0) is 10.9. The first kappa shape index (κ1) is 10.6. The number of ether oxygens (including phenoxy) is 2. The van der Waals surface area contributed by atoms with Crippen LogP contribution in [-0.2, 0) is 22.6 Å². The van der Waals surface area contributed by atoms with Gasteiger partial charge in [-0.25, -0.2) is 0 Å². The number of hydrogen-bond acceptors (Lipinski definition) is 4. The van der Waals surface area contributed by atoms with E-state index in [0.717, 1.165) is 5.56 Å². The van der Waals surface area contributed by atoms with Crippen LogP contribution in [0.5, 0.6) is 0 Å². The molecule has 84 valence electrons. The van der Waals surface area contributed by atoms with Crippen molar-refractivity contribution < 1.29 is 14.6 Å². The minimum absolute atomic E-state index is 0.0213. The van der Waals surface area contributed by atoms with Crippen LogP contribution in [-0.4, -0.2) is 33.4 Å². The molecule has 1 N–H and O–H groups in total. The van der Waals surface area contributed by atoms with Gasteiger partial charge in [-0.2, -0.15) is 5.10 Å². The number of aliphatic hydroxyl groups excluding tert-OH is 1. The maximum Gasteiger partial charge on any atom is 0.163 e. The normalized spacial score (nSPS) is 24.6. The molecule has 0 bridgehead atoms. The molecular weight excluding hydrogens is 196 g/mol. The molecule has 2 rings (SSSR count). The highest BCUT2D eigenvalue weighted by Gasteiger charge is 2.32. The zero-order valence-electron chi connectivity index (χ0n) is 9.01. The van der Waals surface area contributed by atoms with E-state index in [2.05, 4.69) is 5.10 Å². The van der Waals surface area contributed by atoms with E-state index in [9.17, 15) is 0 Å². The number of nitrogens with zero attached hydrogens (tertiary/aromatic N) is 2. The van der Waals surface area contributed by atoms with Gasteiger partial charge in [-0.1, -0.05) is 0 Å². The van der Waals surface area contributed by atoms with Gasteiger partial charge in [-0.15, -0.1) is 0 Å². The third kappa shape index (κ3) is 2.56. The molecule has 1 unspecified atom stereocenters. The molecule has 0 radical (unpaired) electrons. The fourth-order valence-electron chi connectivity index (χ4n) is 1.65. The van der Waals surface area contributed by atoms with E-state index in [1.165, 1.54) is 0 Å². The largest absolute Gasteiger partial charge is 0.392 e. The highest BCUT2D eigenvalue weighted by atomic mass is 16.7. The van der Waals surface area contributed by atoms with Gasteiger partial charge >= 0.3 is 0 Å². The first-order valence-electron chi connectivity index (χ1n) is 5.03. The minimum atomic E-state index is -0.488. The summed E-state index contributed by atoms with van der Waals surface area (Å²) in [5, 5.41) is 13.0. The zero-order valence-corrected chi connectivity index (χ0v) is 9.01. The first-order chi connectivity index (χ1) is 7.09. The van der Waals surface area contributed by atoms with Crippen molar-refractivity contribution >= 4 is 0 Å². The number of aromatic nitrogens is 2. The van der Waals surface area contributed by atoms with Gasteiger partial charge in [0.25, 0.3) is 0 Å². The lowest BCUT2D eigenvalue weighted by atomic mass is 10.3. The lowest BCUT2D eigenvalue weighted by Gasteiger charge is -2.16. The van der Waals surface area contributed by atoms with Gasteiger partial charge < -0.3 is 14.6 Å². The predicted octanol–water partition coefficient (Wildman–Crippen LogP) is 0.527. The highest BCUT2D eigenvalue weighted by Crippen LogP contribution is 2.22. The lowest BCUT2D eigenvalue weighted by molar-refractivity contribution is -0.139. The van der Waals surface area contributed by atoms with Crippen molar-refractivity contribution in [1.82, 2.24) is 9.78 Å². The minimum Gasteiger partial charge on any atom is -0.392 e. The van der Waals surface area contributed by atoms with Gasteiger partial charge in [-0.05, 0) is 13.8 Å². The first-order valence-corrected chi connectivity index (χ1v) is 5.03. The van der Waals surface area contributed by atoms with Crippen molar-refractivity contribution in [3.8, 4) is 0 Å². The molecule has 0 spiro atoms. The Bertz CT molecular complexity index is 335. The lowest BCUT2D eigenvalue weighted by Crippen LogP contribution is -2.24. The topological polar surface area (TPSA) is 56.5 Å². The van der Waals surface area contributed by atoms with Gasteiger partial charge in [0.15, 0.2) is 5.79 Å². The molecule has 2 heterocycles. The summed E-state index contributed by atoms with van der Waals surface area (Å²) in [6, 6.07) is 0.